The van der Waals surface area contributed by atoms with Gasteiger partial charge < -0.3 is 4.90 Å². The van der Waals surface area contributed by atoms with Gasteiger partial charge in [-0.25, -0.2) is 0 Å². The van der Waals surface area contributed by atoms with E-state index >= 15 is 0 Å². The van der Waals surface area contributed by atoms with Crippen molar-refractivity contribution in [2.75, 3.05) is 4.90 Å². The zero-order valence-corrected chi connectivity index (χ0v) is 14.1. The molecule has 2 fully saturated rings. The third-order valence-electron chi connectivity index (χ3n) is 5.58. The van der Waals surface area contributed by atoms with E-state index in [1.54, 1.807) is 0 Å². The Morgan fingerprint density at radius 3 is 2.57 bits per heavy atom. The summed E-state index contributed by atoms with van der Waals surface area (Å²) < 4.78 is 0. The Morgan fingerprint density at radius 1 is 1.22 bits per heavy atom. The van der Waals surface area contributed by atoms with Gasteiger partial charge in [0.25, 0.3) is 0 Å². The first-order chi connectivity index (χ1) is 10.8. The number of benzene rings is 1. The van der Waals surface area contributed by atoms with Crippen LogP contribution in [0.3, 0.4) is 0 Å². The maximum Gasteiger partial charge on any atom is 0.249 e. The monoisotopic (exact) mass is 312 g/mol. The molecule has 1 aromatic rings. The molecule has 3 aliphatic rings. The number of carbonyl (C=O) groups is 2. The maximum atomic E-state index is 12.4. The maximum absolute atomic E-state index is 12.4. The Kier molecular flexibility index (Phi) is 2.94. The Morgan fingerprint density at radius 2 is 1.96 bits per heavy atom. The molecular formula is C19H24N2O2. The van der Waals surface area contributed by atoms with Crippen LogP contribution in [-0.4, -0.2) is 23.4 Å². The summed E-state index contributed by atoms with van der Waals surface area (Å²) in [5.74, 6) is -0.265. The molecule has 1 aliphatic carbocycles. The molecule has 1 saturated heterocycles. The number of nitrogens with one attached hydrogen (secondary N) is 1. The third kappa shape index (κ3) is 2.27. The van der Waals surface area contributed by atoms with Gasteiger partial charge in [-0.15, -0.1) is 0 Å². The normalized spacial score (nSPS) is 25.5. The summed E-state index contributed by atoms with van der Waals surface area (Å²) in [6, 6.07) is 6.50. The average Bonchev–Trinajstić information content (AvgIpc) is 3.13. The summed E-state index contributed by atoms with van der Waals surface area (Å²) >= 11 is 0. The SMILES string of the molecule is CC(C)(C)c1ccc2c(c1)CC1(CC1)N2C1CCC(=O)NC1=O. The average molecular weight is 312 g/mol. The van der Waals surface area contributed by atoms with Crippen molar-refractivity contribution in [3.63, 3.8) is 0 Å². The first kappa shape index (κ1) is 14.7. The van der Waals surface area contributed by atoms with E-state index in [9.17, 15) is 9.59 Å². The predicted octanol–water partition coefficient (Wildman–Crippen LogP) is 2.68. The summed E-state index contributed by atoms with van der Waals surface area (Å²) in [5.41, 5.74) is 4.16. The Bertz CT molecular complexity index is 698. The first-order valence-corrected chi connectivity index (χ1v) is 8.57. The van der Waals surface area contributed by atoms with Gasteiger partial charge in [-0.2, -0.15) is 0 Å². The second kappa shape index (κ2) is 4.59. The van der Waals surface area contributed by atoms with E-state index < -0.39 is 0 Å². The molecule has 0 radical (unpaired) electrons. The minimum atomic E-state index is -0.197. The van der Waals surface area contributed by atoms with Gasteiger partial charge in [-0.3, -0.25) is 14.9 Å². The number of piperidine rings is 1. The van der Waals surface area contributed by atoms with Gasteiger partial charge in [-0.1, -0.05) is 32.9 Å². The van der Waals surface area contributed by atoms with Gasteiger partial charge in [-0.05, 0) is 48.3 Å². The van der Waals surface area contributed by atoms with E-state index in [0.717, 1.165) is 19.3 Å². The van der Waals surface area contributed by atoms with Crippen molar-refractivity contribution in [1.82, 2.24) is 5.32 Å². The Balaban J connectivity index is 1.72. The molecular weight excluding hydrogens is 288 g/mol. The lowest BCUT2D eigenvalue weighted by molar-refractivity contribution is -0.134. The fraction of sp³-hybridized carbons (Fsp3) is 0.579. The van der Waals surface area contributed by atoms with Gasteiger partial charge in [0.15, 0.2) is 0 Å². The van der Waals surface area contributed by atoms with E-state index in [1.165, 1.54) is 16.8 Å². The number of rotatable bonds is 1. The van der Waals surface area contributed by atoms with Crippen molar-refractivity contribution in [1.29, 1.82) is 0 Å². The molecule has 23 heavy (non-hydrogen) atoms. The van der Waals surface area contributed by atoms with Crippen LogP contribution < -0.4 is 10.2 Å². The second-order valence-corrected chi connectivity index (χ2v) is 8.33. The minimum absolute atomic E-state index is 0.125. The quantitative estimate of drug-likeness (QED) is 0.811. The summed E-state index contributed by atoms with van der Waals surface area (Å²) in [5, 5.41) is 2.52. The second-order valence-electron chi connectivity index (χ2n) is 8.33. The van der Waals surface area contributed by atoms with Crippen LogP contribution in [0.15, 0.2) is 18.2 Å². The fourth-order valence-corrected chi connectivity index (χ4v) is 4.11. The zero-order valence-electron chi connectivity index (χ0n) is 14.1. The lowest BCUT2D eigenvalue weighted by atomic mass is 9.85. The van der Waals surface area contributed by atoms with Crippen molar-refractivity contribution in [3.05, 3.63) is 29.3 Å². The van der Waals surface area contributed by atoms with Crippen LogP contribution in [0.1, 0.15) is 57.6 Å². The number of hydrogen-bond donors (Lipinski definition) is 1. The van der Waals surface area contributed by atoms with Gasteiger partial charge in [0.1, 0.15) is 6.04 Å². The Labute approximate surface area is 137 Å². The van der Waals surface area contributed by atoms with Crippen molar-refractivity contribution < 1.29 is 9.59 Å². The van der Waals surface area contributed by atoms with Crippen molar-refractivity contribution in [2.45, 2.75) is 69.9 Å². The van der Waals surface area contributed by atoms with E-state index in [4.69, 9.17) is 0 Å². The van der Waals surface area contributed by atoms with E-state index in [-0.39, 0.29) is 28.8 Å². The summed E-state index contributed by atoms with van der Waals surface area (Å²) in [7, 11) is 0. The minimum Gasteiger partial charge on any atom is -0.353 e. The molecule has 1 unspecified atom stereocenters. The van der Waals surface area contributed by atoms with Crippen molar-refractivity contribution in [3.8, 4) is 0 Å². The number of hydrogen-bond acceptors (Lipinski definition) is 3. The van der Waals surface area contributed by atoms with E-state index in [2.05, 4.69) is 49.2 Å². The van der Waals surface area contributed by atoms with Crippen LogP contribution in [0.5, 0.6) is 0 Å². The van der Waals surface area contributed by atoms with Crippen LogP contribution in [0.4, 0.5) is 5.69 Å². The molecule has 4 nitrogen and oxygen atoms in total. The number of anilines is 1. The number of fused-ring (bicyclic) bond motifs is 1. The van der Waals surface area contributed by atoms with Crippen molar-refractivity contribution >= 4 is 17.5 Å². The number of carbonyl (C=O) groups excluding carboxylic acids is 2. The van der Waals surface area contributed by atoms with E-state index in [1.807, 2.05) is 0 Å². The molecule has 1 aromatic carbocycles. The molecule has 2 heterocycles. The summed E-state index contributed by atoms with van der Waals surface area (Å²) in [6.07, 6.45) is 4.39. The summed E-state index contributed by atoms with van der Waals surface area (Å²) in [4.78, 5) is 26.2. The fourth-order valence-electron chi connectivity index (χ4n) is 4.11. The van der Waals surface area contributed by atoms with Crippen LogP contribution in [0.2, 0.25) is 0 Å². The molecule has 4 heteroatoms. The van der Waals surface area contributed by atoms with Crippen LogP contribution in [-0.2, 0) is 21.4 Å². The predicted molar refractivity (Wildman–Crippen MR) is 89.5 cm³/mol. The van der Waals surface area contributed by atoms with E-state index in [0.29, 0.717) is 12.8 Å². The van der Waals surface area contributed by atoms with Crippen LogP contribution in [0.25, 0.3) is 0 Å². The molecule has 4 rings (SSSR count). The molecule has 122 valence electrons. The van der Waals surface area contributed by atoms with Gasteiger partial charge in [0.05, 0.1) is 0 Å². The molecule has 1 spiro atoms. The number of nitrogens with zero attached hydrogens (tertiary/aromatic N) is 1. The highest BCUT2D eigenvalue weighted by Gasteiger charge is 2.56. The molecule has 1 N–H and O–H groups in total. The lowest BCUT2D eigenvalue weighted by Crippen LogP contribution is -2.55. The van der Waals surface area contributed by atoms with Gasteiger partial charge in [0, 0.05) is 17.6 Å². The molecule has 0 aromatic heterocycles. The Hall–Kier alpha value is -1.84. The number of imide groups is 1. The van der Waals surface area contributed by atoms with Crippen LogP contribution >= 0.6 is 0 Å². The third-order valence-corrected chi connectivity index (χ3v) is 5.58. The highest BCUT2D eigenvalue weighted by Crippen LogP contribution is 2.55. The first-order valence-electron chi connectivity index (χ1n) is 8.57. The van der Waals surface area contributed by atoms with Gasteiger partial charge in [0.2, 0.25) is 11.8 Å². The summed E-state index contributed by atoms with van der Waals surface area (Å²) in [6.45, 7) is 6.69. The zero-order chi connectivity index (χ0) is 16.4. The highest BCUT2D eigenvalue weighted by atomic mass is 16.2. The molecule has 1 saturated carbocycles. The topological polar surface area (TPSA) is 49.4 Å². The standard InChI is InChI=1S/C19H24N2O2/c1-18(2,3)13-4-5-14-12(10-13)11-19(8-9-19)21(14)15-6-7-16(22)20-17(15)23/h4-5,10,15H,6-9,11H2,1-3H3,(H,20,22,23). The molecule has 2 aliphatic heterocycles. The van der Waals surface area contributed by atoms with Crippen molar-refractivity contribution in [2.24, 2.45) is 0 Å². The molecule has 2 amide bonds. The van der Waals surface area contributed by atoms with Gasteiger partial charge >= 0.3 is 0 Å². The molecule has 0 bridgehead atoms. The highest BCUT2D eigenvalue weighted by molar-refractivity contribution is 6.02. The molecule has 1 atom stereocenters. The largest absolute Gasteiger partial charge is 0.353 e. The smallest absolute Gasteiger partial charge is 0.249 e. The number of amides is 2. The van der Waals surface area contributed by atoms with Crippen LogP contribution in [0, 0.1) is 0 Å². The lowest BCUT2D eigenvalue weighted by Gasteiger charge is -2.37.